The Morgan fingerprint density at radius 3 is 2.46 bits per heavy atom. The molecular formula is C19H22N8O. The summed E-state index contributed by atoms with van der Waals surface area (Å²) in [6, 6.07) is 3.25. The van der Waals surface area contributed by atoms with Gasteiger partial charge in [0.2, 0.25) is 17.8 Å². The molecule has 4 saturated heterocycles. The molecular weight excluding hydrogens is 356 g/mol. The first kappa shape index (κ1) is 16.0. The van der Waals surface area contributed by atoms with Gasteiger partial charge in [0.1, 0.15) is 5.82 Å². The Balaban J connectivity index is 1.35. The number of nitrogens with zero attached hydrogens (tertiary/aromatic N) is 7. The average molecular weight is 378 g/mol. The van der Waals surface area contributed by atoms with Crippen LogP contribution in [-0.4, -0.2) is 68.5 Å². The third-order valence-corrected chi connectivity index (χ3v) is 6.74. The topological polar surface area (TPSA) is 104 Å². The maximum absolute atomic E-state index is 11.6. The van der Waals surface area contributed by atoms with Crippen molar-refractivity contribution in [2.45, 2.75) is 37.9 Å². The van der Waals surface area contributed by atoms with Gasteiger partial charge >= 0.3 is 0 Å². The number of fused-ring (bicyclic) bond motifs is 2. The van der Waals surface area contributed by atoms with Crippen LogP contribution in [0.25, 0.3) is 11.3 Å². The molecule has 28 heavy (non-hydrogen) atoms. The van der Waals surface area contributed by atoms with Gasteiger partial charge in [0.05, 0.1) is 17.8 Å². The number of aromatic nitrogens is 4. The maximum atomic E-state index is 11.6. The van der Waals surface area contributed by atoms with Gasteiger partial charge in [0, 0.05) is 56.6 Å². The van der Waals surface area contributed by atoms with Crippen LogP contribution in [0.1, 0.15) is 19.8 Å². The Kier molecular flexibility index (Phi) is 3.16. The summed E-state index contributed by atoms with van der Waals surface area (Å²) >= 11 is 0. The molecule has 0 aromatic carbocycles. The Labute approximate surface area is 162 Å². The van der Waals surface area contributed by atoms with E-state index in [1.165, 1.54) is 12.8 Å². The highest BCUT2D eigenvalue weighted by atomic mass is 16.2. The lowest BCUT2D eigenvalue weighted by Gasteiger charge is -2.62. The molecule has 1 aliphatic carbocycles. The van der Waals surface area contributed by atoms with E-state index < -0.39 is 0 Å². The van der Waals surface area contributed by atoms with Gasteiger partial charge in [-0.25, -0.2) is 15.0 Å². The molecule has 2 bridgehead atoms. The first-order valence-electron chi connectivity index (χ1n) is 9.84. The largest absolute Gasteiger partial charge is 0.368 e. The lowest BCUT2D eigenvalue weighted by molar-refractivity contribution is -0.141. The van der Waals surface area contributed by atoms with Crippen molar-refractivity contribution in [3.8, 4) is 11.3 Å². The summed E-state index contributed by atoms with van der Waals surface area (Å²) in [5, 5.41) is 0. The number of carbonyl (C=O) groups excluding carboxylic acids is 1. The number of nitrogens with two attached hydrogens (primary N) is 1. The van der Waals surface area contributed by atoms with Gasteiger partial charge in [-0.3, -0.25) is 4.79 Å². The predicted molar refractivity (Wildman–Crippen MR) is 104 cm³/mol. The lowest BCUT2D eigenvalue weighted by Crippen LogP contribution is -2.80. The van der Waals surface area contributed by atoms with Crippen LogP contribution in [0.5, 0.6) is 0 Å². The van der Waals surface area contributed by atoms with Crippen LogP contribution >= 0.6 is 0 Å². The number of amides is 1. The van der Waals surface area contributed by atoms with Crippen LogP contribution in [-0.2, 0) is 4.79 Å². The van der Waals surface area contributed by atoms with Gasteiger partial charge in [-0.1, -0.05) is 0 Å². The molecule has 0 spiro atoms. The normalized spacial score (nSPS) is 29.7. The van der Waals surface area contributed by atoms with Gasteiger partial charge in [-0.05, 0) is 18.8 Å². The van der Waals surface area contributed by atoms with E-state index in [1.807, 2.05) is 11.0 Å². The fraction of sp³-hybridized carbons (Fsp3) is 0.526. The zero-order valence-electron chi connectivity index (χ0n) is 15.7. The standard InChI is InChI=1S/C19H22N8O/c1-10(28)25-8-16-15(25)9-27(16)17-4-14(12-5-21-18(20)22-6-12)23-19(24-17)26-7-11-2-13(26)3-11/h4-6,11,13,15-16H,2-3,7-9H2,1H3,(H2,20,21,22). The van der Waals surface area contributed by atoms with Gasteiger partial charge in [-0.2, -0.15) is 4.98 Å². The molecule has 6 heterocycles. The summed E-state index contributed by atoms with van der Waals surface area (Å²) in [7, 11) is 0. The van der Waals surface area contributed by atoms with E-state index in [0.29, 0.717) is 18.1 Å². The fourth-order valence-corrected chi connectivity index (χ4v) is 4.97. The van der Waals surface area contributed by atoms with Crippen LogP contribution in [0.4, 0.5) is 17.7 Å². The number of likely N-dealkylation sites (tertiary alicyclic amines) is 1. The first-order valence-corrected chi connectivity index (χ1v) is 9.84. The fourth-order valence-electron chi connectivity index (χ4n) is 4.97. The number of hydrogen-bond donors (Lipinski definition) is 1. The summed E-state index contributed by atoms with van der Waals surface area (Å²) < 4.78 is 0. The smallest absolute Gasteiger partial charge is 0.228 e. The SMILES string of the molecule is CC(=O)N1CC2C1CN2c1cc(-c2cnc(N)nc2)nc(N2CC3CC2C3)n1. The second-order valence-electron chi connectivity index (χ2n) is 8.34. The van der Waals surface area contributed by atoms with E-state index in [4.69, 9.17) is 15.7 Å². The van der Waals surface area contributed by atoms with Crippen LogP contribution in [0.15, 0.2) is 18.5 Å². The van der Waals surface area contributed by atoms with Crippen LogP contribution in [0, 0.1) is 5.92 Å². The van der Waals surface area contributed by atoms with E-state index in [2.05, 4.69) is 19.8 Å². The molecule has 1 saturated carbocycles. The van der Waals surface area contributed by atoms with Crippen molar-refractivity contribution < 1.29 is 4.79 Å². The van der Waals surface area contributed by atoms with Gasteiger partial charge in [0.15, 0.2) is 0 Å². The summed E-state index contributed by atoms with van der Waals surface area (Å²) in [6.45, 7) is 4.27. The molecule has 2 atom stereocenters. The molecule has 2 aromatic rings. The van der Waals surface area contributed by atoms with Crippen molar-refractivity contribution in [3.05, 3.63) is 18.5 Å². The minimum absolute atomic E-state index is 0.154. The minimum Gasteiger partial charge on any atom is -0.368 e. The van der Waals surface area contributed by atoms with Crippen molar-refractivity contribution in [1.82, 2.24) is 24.8 Å². The van der Waals surface area contributed by atoms with Gasteiger partial charge in [-0.15, -0.1) is 0 Å². The number of rotatable bonds is 3. The summed E-state index contributed by atoms with van der Waals surface area (Å²) in [5.41, 5.74) is 7.29. The molecule has 7 rings (SSSR count). The molecule has 9 nitrogen and oxygen atoms in total. The second-order valence-corrected chi connectivity index (χ2v) is 8.34. The Bertz CT molecular complexity index is 957. The van der Waals surface area contributed by atoms with E-state index >= 15 is 0 Å². The van der Waals surface area contributed by atoms with E-state index in [1.54, 1.807) is 19.3 Å². The van der Waals surface area contributed by atoms with Gasteiger partial charge < -0.3 is 20.4 Å². The highest BCUT2D eigenvalue weighted by Crippen LogP contribution is 2.44. The number of piperazine rings is 1. The molecule has 2 N–H and O–H groups in total. The summed E-state index contributed by atoms with van der Waals surface area (Å²) in [4.78, 5) is 36.2. The van der Waals surface area contributed by atoms with E-state index in [9.17, 15) is 4.79 Å². The predicted octanol–water partition coefficient (Wildman–Crippen LogP) is 0.534. The summed E-state index contributed by atoms with van der Waals surface area (Å²) in [6.07, 6.45) is 5.91. The third-order valence-electron chi connectivity index (χ3n) is 6.74. The van der Waals surface area contributed by atoms with Gasteiger partial charge in [0.25, 0.3) is 0 Å². The number of carbonyl (C=O) groups is 1. The highest BCUT2D eigenvalue weighted by molar-refractivity contribution is 5.77. The Hall–Kier alpha value is -2.97. The molecule has 4 aliphatic heterocycles. The van der Waals surface area contributed by atoms with Crippen molar-refractivity contribution in [2.24, 2.45) is 5.92 Å². The first-order chi connectivity index (χ1) is 13.6. The molecule has 0 radical (unpaired) electrons. The maximum Gasteiger partial charge on any atom is 0.228 e. The quantitative estimate of drug-likeness (QED) is 0.825. The van der Waals surface area contributed by atoms with E-state index in [-0.39, 0.29) is 11.9 Å². The lowest BCUT2D eigenvalue weighted by atomic mass is 9.85. The van der Waals surface area contributed by atoms with Crippen LogP contribution in [0.3, 0.4) is 0 Å². The molecule has 9 heteroatoms. The molecule has 1 amide bonds. The molecule has 144 valence electrons. The average Bonchev–Trinajstić information content (AvgIpc) is 3.24. The van der Waals surface area contributed by atoms with Crippen molar-refractivity contribution in [2.75, 3.05) is 35.2 Å². The molecule has 5 fully saturated rings. The van der Waals surface area contributed by atoms with Crippen molar-refractivity contribution in [1.29, 1.82) is 0 Å². The zero-order valence-corrected chi connectivity index (χ0v) is 15.7. The Morgan fingerprint density at radius 1 is 1.07 bits per heavy atom. The highest BCUT2D eigenvalue weighted by Gasteiger charge is 2.53. The van der Waals surface area contributed by atoms with E-state index in [0.717, 1.165) is 48.6 Å². The zero-order chi connectivity index (χ0) is 19.0. The number of nitrogen functional groups attached to an aromatic ring is 1. The summed E-state index contributed by atoms with van der Waals surface area (Å²) in [5.74, 6) is 2.90. The molecule has 2 unspecified atom stereocenters. The second kappa shape index (κ2) is 5.52. The monoisotopic (exact) mass is 378 g/mol. The minimum atomic E-state index is 0.154. The van der Waals surface area contributed by atoms with Crippen molar-refractivity contribution in [3.63, 3.8) is 0 Å². The van der Waals surface area contributed by atoms with Crippen LogP contribution in [0.2, 0.25) is 0 Å². The molecule has 5 aliphatic rings. The van der Waals surface area contributed by atoms with Crippen LogP contribution < -0.4 is 15.5 Å². The third kappa shape index (κ3) is 2.22. The number of hydrogen-bond acceptors (Lipinski definition) is 8. The molecule has 2 aromatic heterocycles. The number of anilines is 3. The van der Waals surface area contributed by atoms with Crippen molar-refractivity contribution >= 4 is 23.6 Å². The Morgan fingerprint density at radius 2 is 1.86 bits per heavy atom.